The van der Waals surface area contributed by atoms with Crippen LogP contribution in [0.15, 0.2) is 48.6 Å². The maximum absolute atomic E-state index is 12.9. The molecular weight excluding hydrogens is 949 g/mol. The van der Waals surface area contributed by atoms with E-state index in [4.69, 9.17) is 14.2 Å². The maximum Gasteiger partial charge on any atom is 0.306 e. The molecule has 0 amide bonds. The Morgan fingerprint density at radius 3 is 0.766 bits per heavy atom. The van der Waals surface area contributed by atoms with Crippen molar-refractivity contribution in [1.29, 1.82) is 0 Å². The summed E-state index contributed by atoms with van der Waals surface area (Å²) in [4.78, 5) is 38.2. The highest BCUT2D eigenvalue weighted by molar-refractivity contribution is 5.71. The van der Waals surface area contributed by atoms with Gasteiger partial charge in [0.25, 0.3) is 0 Å². The van der Waals surface area contributed by atoms with E-state index in [1.807, 2.05) is 0 Å². The van der Waals surface area contributed by atoms with Gasteiger partial charge in [0, 0.05) is 19.3 Å². The van der Waals surface area contributed by atoms with Gasteiger partial charge in [-0.25, -0.2) is 0 Å². The molecule has 0 aromatic heterocycles. The van der Waals surface area contributed by atoms with Crippen LogP contribution in [0.2, 0.25) is 0 Å². The van der Waals surface area contributed by atoms with E-state index in [-0.39, 0.29) is 31.1 Å². The number of unbranched alkanes of at least 4 members (excludes halogenated alkanes) is 44. The van der Waals surface area contributed by atoms with Crippen molar-refractivity contribution in [2.45, 2.75) is 374 Å². The smallest absolute Gasteiger partial charge is 0.306 e. The lowest BCUT2D eigenvalue weighted by atomic mass is 10.0. The number of rotatable bonds is 63. The minimum atomic E-state index is -0.777. The lowest BCUT2D eigenvalue weighted by Gasteiger charge is -2.18. The van der Waals surface area contributed by atoms with Gasteiger partial charge in [0.05, 0.1) is 0 Å². The second kappa shape index (κ2) is 65.9. The van der Waals surface area contributed by atoms with Gasteiger partial charge in [-0.2, -0.15) is 0 Å². The van der Waals surface area contributed by atoms with E-state index < -0.39 is 6.10 Å². The van der Waals surface area contributed by atoms with Gasteiger partial charge >= 0.3 is 17.9 Å². The van der Waals surface area contributed by atoms with E-state index in [0.717, 1.165) is 96.3 Å². The zero-order chi connectivity index (χ0) is 55.7. The van der Waals surface area contributed by atoms with Gasteiger partial charge in [0.1, 0.15) is 13.2 Å². The number of esters is 3. The summed E-state index contributed by atoms with van der Waals surface area (Å²) in [5, 5.41) is 0. The van der Waals surface area contributed by atoms with Crippen LogP contribution in [0.4, 0.5) is 0 Å². The first-order chi connectivity index (χ1) is 38.0. The monoisotopic (exact) mass is 1080 g/mol. The van der Waals surface area contributed by atoms with Crippen molar-refractivity contribution in [1.82, 2.24) is 0 Å². The number of ether oxygens (including phenoxy) is 3. The summed E-state index contributed by atoms with van der Waals surface area (Å²) in [6, 6.07) is 0. The summed E-state index contributed by atoms with van der Waals surface area (Å²) >= 11 is 0. The normalized spacial score (nSPS) is 12.3. The number of carbonyl (C=O) groups is 3. The fourth-order valence-corrected chi connectivity index (χ4v) is 10.2. The van der Waals surface area contributed by atoms with Crippen molar-refractivity contribution >= 4 is 17.9 Å². The van der Waals surface area contributed by atoms with Gasteiger partial charge in [0.15, 0.2) is 6.10 Å². The third kappa shape index (κ3) is 64.1. The summed E-state index contributed by atoms with van der Waals surface area (Å²) < 4.78 is 16.9. The first-order valence-corrected chi connectivity index (χ1v) is 34.1. The molecule has 0 aliphatic heterocycles. The van der Waals surface area contributed by atoms with Crippen molar-refractivity contribution in [3.8, 4) is 0 Å². The zero-order valence-electron chi connectivity index (χ0n) is 51.7. The van der Waals surface area contributed by atoms with Gasteiger partial charge < -0.3 is 14.2 Å². The Balaban J connectivity index is 4.06. The second-order valence-electron chi connectivity index (χ2n) is 23.1. The van der Waals surface area contributed by atoms with E-state index in [9.17, 15) is 14.4 Å². The fraction of sp³-hybridized carbons (Fsp3) is 0.845. The van der Waals surface area contributed by atoms with Crippen molar-refractivity contribution in [2.75, 3.05) is 13.2 Å². The Hall–Kier alpha value is -2.63. The van der Waals surface area contributed by atoms with E-state index >= 15 is 0 Å². The molecule has 77 heavy (non-hydrogen) atoms. The molecule has 0 aromatic rings. The molecule has 0 spiro atoms. The molecule has 0 saturated heterocycles. The number of hydrogen-bond donors (Lipinski definition) is 0. The Labute approximate surface area is 479 Å². The van der Waals surface area contributed by atoms with Crippen LogP contribution in [0.3, 0.4) is 0 Å². The Bertz CT molecular complexity index is 1330. The molecule has 0 radical (unpaired) electrons. The van der Waals surface area contributed by atoms with Crippen molar-refractivity contribution < 1.29 is 28.6 Å². The molecule has 0 aromatic carbocycles. The van der Waals surface area contributed by atoms with Crippen LogP contribution in [-0.2, 0) is 28.6 Å². The highest BCUT2D eigenvalue weighted by Crippen LogP contribution is 2.18. The Kier molecular flexibility index (Phi) is 63.6. The SMILES string of the molecule is CCC/C=C\C/C=C\CCCCCCCC(=O)OC(COC(=O)CCCCCCCCCCCCCCC)COC(=O)CCCCCCCCCCCCCCCCCCCCCCC/C=C\C/C=C\CCCCCCC. The summed E-state index contributed by atoms with van der Waals surface area (Å²) in [6.07, 6.45) is 82.9. The highest BCUT2D eigenvalue weighted by Gasteiger charge is 2.19. The Morgan fingerprint density at radius 2 is 0.494 bits per heavy atom. The van der Waals surface area contributed by atoms with Crippen LogP contribution in [0.1, 0.15) is 367 Å². The van der Waals surface area contributed by atoms with Crippen LogP contribution in [0, 0.1) is 0 Å². The molecule has 0 heterocycles. The molecule has 0 aliphatic rings. The molecule has 0 fully saturated rings. The molecule has 1 unspecified atom stereocenters. The minimum absolute atomic E-state index is 0.0736. The van der Waals surface area contributed by atoms with Crippen LogP contribution >= 0.6 is 0 Å². The summed E-state index contributed by atoms with van der Waals surface area (Å²) in [5.74, 6) is -0.866. The van der Waals surface area contributed by atoms with Crippen molar-refractivity contribution in [3.63, 3.8) is 0 Å². The molecule has 0 rings (SSSR count). The van der Waals surface area contributed by atoms with E-state index in [1.165, 1.54) is 231 Å². The van der Waals surface area contributed by atoms with Gasteiger partial charge in [-0.15, -0.1) is 0 Å². The first kappa shape index (κ1) is 74.4. The molecule has 450 valence electrons. The first-order valence-electron chi connectivity index (χ1n) is 34.1. The van der Waals surface area contributed by atoms with Gasteiger partial charge in [-0.05, 0) is 77.0 Å². The van der Waals surface area contributed by atoms with E-state index in [2.05, 4.69) is 69.4 Å². The number of allylic oxidation sites excluding steroid dienone is 8. The topological polar surface area (TPSA) is 78.9 Å². The second-order valence-corrected chi connectivity index (χ2v) is 23.1. The van der Waals surface area contributed by atoms with Crippen molar-refractivity contribution in [2.24, 2.45) is 0 Å². The summed E-state index contributed by atoms with van der Waals surface area (Å²) in [7, 11) is 0. The maximum atomic E-state index is 12.9. The molecule has 1 atom stereocenters. The average Bonchev–Trinajstić information content (AvgIpc) is 3.43. The zero-order valence-corrected chi connectivity index (χ0v) is 51.7. The standard InChI is InChI=1S/C71H130O6/c1-4-7-10-13-16-19-22-25-26-27-28-29-30-31-32-33-34-35-36-37-38-39-40-41-42-43-44-47-49-52-55-58-61-64-70(73)76-67-68(77-71(74)65-62-59-56-53-50-46-24-21-18-15-12-9-6-3)66-75-69(72)63-60-57-54-51-48-45-23-20-17-14-11-8-5-2/h12,15,21-22,24-25,27-28,68H,4-11,13-14,16-20,23,26,29-67H2,1-3H3/b15-12-,24-21-,25-22-,28-27-. The van der Waals surface area contributed by atoms with E-state index in [0.29, 0.717) is 19.3 Å². The quantitative estimate of drug-likeness (QED) is 0.0261. The van der Waals surface area contributed by atoms with Crippen LogP contribution in [0.25, 0.3) is 0 Å². The van der Waals surface area contributed by atoms with Gasteiger partial charge in [0.2, 0.25) is 0 Å². The average molecular weight is 1080 g/mol. The fourth-order valence-electron chi connectivity index (χ4n) is 10.2. The van der Waals surface area contributed by atoms with Gasteiger partial charge in [-0.3, -0.25) is 14.4 Å². The lowest BCUT2D eigenvalue weighted by molar-refractivity contribution is -0.167. The molecule has 6 nitrogen and oxygen atoms in total. The van der Waals surface area contributed by atoms with Crippen LogP contribution in [-0.4, -0.2) is 37.2 Å². The number of hydrogen-bond acceptors (Lipinski definition) is 6. The molecule has 6 heteroatoms. The highest BCUT2D eigenvalue weighted by atomic mass is 16.6. The van der Waals surface area contributed by atoms with E-state index in [1.54, 1.807) is 0 Å². The van der Waals surface area contributed by atoms with Crippen LogP contribution in [0.5, 0.6) is 0 Å². The summed E-state index contributed by atoms with van der Waals surface area (Å²) in [5.41, 5.74) is 0. The largest absolute Gasteiger partial charge is 0.462 e. The minimum Gasteiger partial charge on any atom is -0.462 e. The van der Waals surface area contributed by atoms with Crippen LogP contribution < -0.4 is 0 Å². The molecule has 0 N–H and O–H groups in total. The molecule has 0 bridgehead atoms. The summed E-state index contributed by atoms with van der Waals surface area (Å²) in [6.45, 7) is 6.60. The Morgan fingerprint density at radius 1 is 0.260 bits per heavy atom. The lowest BCUT2D eigenvalue weighted by Crippen LogP contribution is -2.30. The molecule has 0 saturated carbocycles. The molecule has 0 aliphatic carbocycles. The third-order valence-electron chi connectivity index (χ3n) is 15.3. The predicted molar refractivity (Wildman–Crippen MR) is 335 cm³/mol. The van der Waals surface area contributed by atoms with Gasteiger partial charge in [-0.1, -0.05) is 320 Å². The number of carbonyl (C=O) groups excluding carboxylic acids is 3. The molecular formula is C71H130O6. The third-order valence-corrected chi connectivity index (χ3v) is 15.3. The predicted octanol–water partition coefficient (Wildman–Crippen LogP) is 23.3. The van der Waals surface area contributed by atoms with Crippen molar-refractivity contribution in [3.05, 3.63) is 48.6 Å².